The summed E-state index contributed by atoms with van der Waals surface area (Å²) >= 11 is 1.20. The monoisotopic (exact) mass is 483 g/mol. The van der Waals surface area contributed by atoms with Gasteiger partial charge in [0.2, 0.25) is 4.96 Å². The number of para-hydroxylation sites is 1. The molecule has 0 bridgehead atoms. The van der Waals surface area contributed by atoms with E-state index in [1.807, 2.05) is 36.5 Å². The van der Waals surface area contributed by atoms with Crippen molar-refractivity contribution in [2.24, 2.45) is 0 Å². The van der Waals surface area contributed by atoms with E-state index < -0.39 is 0 Å². The number of fused-ring (bicyclic) bond motifs is 1. The van der Waals surface area contributed by atoms with Gasteiger partial charge in [0, 0.05) is 22.9 Å². The van der Waals surface area contributed by atoms with E-state index in [2.05, 4.69) is 10.1 Å². The smallest absolute Gasteiger partial charge is 0.266 e. The zero-order valence-electron chi connectivity index (χ0n) is 18.0. The summed E-state index contributed by atoms with van der Waals surface area (Å²) in [6.07, 6.45) is 3.57. The first kappa shape index (κ1) is 21.1. The lowest BCUT2D eigenvalue weighted by molar-refractivity contribution is 0.627. The molecule has 9 heteroatoms. The number of hydrogen-bond acceptors (Lipinski definition) is 5. The van der Waals surface area contributed by atoms with Gasteiger partial charge in [0.15, 0.2) is 5.82 Å². The summed E-state index contributed by atoms with van der Waals surface area (Å²) in [6, 6.07) is 21.4. The summed E-state index contributed by atoms with van der Waals surface area (Å²) in [5.41, 5.74) is 3.18. The van der Waals surface area contributed by atoms with E-state index in [0.717, 1.165) is 11.3 Å². The van der Waals surface area contributed by atoms with Gasteiger partial charge in [0.1, 0.15) is 17.3 Å². The normalized spacial score (nSPS) is 12.0. The van der Waals surface area contributed by atoms with E-state index in [0.29, 0.717) is 32.1 Å². The van der Waals surface area contributed by atoms with Gasteiger partial charge in [0.05, 0.1) is 10.2 Å². The molecule has 0 atom stereocenters. The Kier molecular flexibility index (Phi) is 5.04. The van der Waals surface area contributed by atoms with Crippen LogP contribution in [0.3, 0.4) is 0 Å². The van der Waals surface area contributed by atoms with Crippen molar-refractivity contribution in [2.45, 2.75) is 0 Å². The predicted molar refractivity (Wildman–Crippen MR) is 130 cm³/mol. The Morgan fingerprint density at radius 2 is 1.46 bits per heavy atom. The van der Waals surface area contributed by atoms with Crippen LogP contribution in [-0.2, 0) is 0 Å². The Morgan fingerprint density at radius 1 is 0.800 bits per heavy atom. The lowest BCUT2D eigenvalue weighted by Gasteiger charge is -2.00. The number of thiazole rings is 1. The van der Waals surface area contributed by atoms with E-state index >= 15 is 0 Å². The van der Waals surface area contributed by atoms with E-state index in [9.17, 15) is 13.6 Å². The summed E-state index contributed by atoms with van der Waals surface area (Å²) in [7, 11) is 0. The molecule has 0 N–H and O–H groups in total. The molecule has 0 amide bonds. The Balaban J connectivity index is 1.48. The van der Waals surface area contributed by atoms with Crippen LogP contribution in [0, 0.1) is 11.6 Å². The lowest BCUT2D eigenvalue weighted by Crippen LogP contribution is -2.23. The van der Waals surface area contributed by atoms with Gasteiger partial charge in [-0.15, -0.1) is 5.10 Å². The van der Waals surface area contributed by atoms with Crippen LogP contribution in [0.15, 0.2) is 89.9 Å². The third kappa shape index (κ3) is 3.91. The van der Waals surface area contributed by atoms with Gasteiger partial charge in [-0.25, -0.2) is 13.5 Å². The van der Waals surface area contributed by atoms with Crippen molar-refractivity contribution in [3.63, 3.8) is 0 Å². The summed E-state index contributed by atoms with van der Waals surface area (Å²) < 4.78 is 30.2. The van der Waals surface area contributed by atoms with E-state index in [1.165, 1.54) is 40.1 Å². The fourth-order valence-corrected chi connectivity index (χ4v) is 4.63. The van der Waals surface area contributed by atoms with Crippen molar-refractivity contribution in [1.82, 2.24) is 24.4 Å². The highest BCUT2D eigenvalue weighted by atomic mass is 32.1. The minimum Gasteiger partial charge on any atom is -0.266 e. The Bertz CT molecular complexity index is 1770. The van der Waals surface area contributed by atoms with Crippen LogP contribution in [0.1, 0.15) is 5.56 Å². The largest absolute Gasteiger partial charge is 0.291 e. The van der Waals surface area contributed by atoms with Crippen LogP contribution in [0.4, 0.5) is 8.78 Å². The maximum absolute atomic E-state index is 13.5. The molecule has 0 spiro atoms. The molecule has 6 aromatic rings. The minimum absolute atomic E-state index is 0.316. The maximum Gasteiger partial charge on any atom is 0.291 e. The van der Waals surface area contributed by atoms with Crippen LogP contribution in [-0.4, -0.2) is 24.4 Å². The van der Waals surface area contributed by atoms with Crippen LogP contribution in [0.5, 0.6) is 0 Å². The van der Waals surface area contributed by atoms with Gasteiger partial charge in [-0.3, -0.25) is 4.79 Å². The number of benzene rings is 3. The molecule has 3 aromatic heterocycles. The zero-order valence-corrected chi connectivity index (χ0v) is 18.8. The Morgan fingerprint density at radius 3 is 2.11 bits per heavy atom. The van der Waals surface area contributed by atoms with Crippen molar-refractivity contribution >= 4 is 22.4 Å². The second kappa shape index (κ2) is 8.37. The topological polar surface area (TPSA) is 65.1 Å². The molecule has 0 unspecified atom stereocenters. The zero-order chi connectivity index (χ0) is 23.9. The van der Waals surface area contributed by atoms with Crippen LogP contribution in [0.25, 0.3) is 39.4 Å². The molecular weight excluding hydrogens is 468 g/mol. The van der Waals surface area contributed by atoms with E-state index in [4.69, 9.17) is 5.10 Å². The summed E-state index contributed by atoms with van der Waals surface area (Å²) in [5, 5.41) is 9.02. The fourth-order valence-electron chi connectivity index (χ4n) is 3.73. The quantitative estimate of drug-likeness (QED) is 0.371. The number of nitrogens with zero attached hydrogens (tertiary/aromatic N) is 5. The van der Waals surface area contributed by atoms with Crippen molar-refractivity contribution in [1.29, 1.82) is 0 Å². The van der Waals surface area contributed by atoms with Crippen molar-refractivity contribution in [3.8, 4) is 28.3 Å². The molecule has 0 aliphatic rings. The van der Waals surface area contributed by atoms with Crippen LogP contribution >= 0.6 is 11.3 Å². The van der Waals surface area contributed by atoms with Gasteiger partial charge >= 0.3 is 0 Å². The molecular formula is C26H15F2N5OS. The first-order valence-corrected chi connectivity index (χ1v) is 11.4. The molecule has 170 valence electrons. The SMILES string of the molecule is O=c1c(=Cc2cn(-c3ccccc3)nc2-c2ccc(F)cc2)sc2nc(-c3ccc(F)cc3)nn12. The molecule has 3 aromatic carbocycles. The minimum atomic E-state index is -0.357. The van der Waals surface area contributed by atoms with Gasteiger partial charge in [-0.05, 0) is 66.7 Å². The highest BCUT2D eigenvalue weighted by Gasteiger charge is 2.15. The third-order valence-electron chi connectivity index (χ3n) is 5.45. The molecule has 6 rings (SSSR count). The highest BCUT2D eigenvalue weighted by Crippen LogP contribution is 2.25. The maximum atomic E-state index is 13.5. The van der Waals surface area contributed by atoms with Crippen LogP contribution < -0.4 is 10.1 Å². The van der Waals surface area contributed by atoms with Crippen molar-refractivity contribution in [2.75, 3.05) is 0 Å². The van der Waals surface area contributed by atoms with Crippen molar-refractivity contribution in [3.05, 3.63) is 117 Å². The molecule has 3 heterocycles. The van der Waals surface area contributed by atoms with Gasteiger partial charge in [-0.2, -0.15) is 14.6 Å². The van der Waals surface area contributed by atoms with E-state index in [1.54, 1.807) is 35.0 Å². The van der Waals surface area contributed by atoms with Gasteiger partial charge < -0.3 is 0 Å². The van der Waals surface area contributed by atoms with Crippen molar-refractivity contribution < 1.29 is 8.78 Å². The summed E-state index contributed by atoms with van der Waals surface area (Å²) in [6.45, 7) is 0. The standard InChI is InChI=1S/C26H15F2N5OS/c27-19-10-6-16(7-11-19)23-18(15-32(30-23)21-4-2-1-3-5-21)14-22-25(34)33-26(35-22)29-24(31-33)17-8-12-20(28)13-9-17/h1-15H. The summed E-state index contributed by atoms with van der Waals surface area (Å²) in [4.78, 5) is 18.0. The number of hydrogen-bond donors (Lipinski definition) is 0. The molecule has 0 saturated carbocycles. The molecule has 0 radical (unpaired) electrons. The number of halogens is 2. The Hall–Kier alpha value is -4.50. The molecule has 35 heavy (non-hydrogen) atoms. The lowest BCUT2D eigenvalue weighted by atomic mass is 10.1. The predicted octanol–water partition coefficient (Wildman–Crippen LogP) is 4.50. The molecule has 0 saturated heterocycles. The fraction of sp³-hybridized carbons (Fsp3) is 0. The summed E-state index contributed by atoms with van der Waals surface area (Å²) in [5.74, 6) is -0.348. The second-order valence-corrected chi connectivity index (χ2v) is 8.78. The average Bonchev–Trinajstić information content (AvgIpc) is 3.56. The average molecular weight is 484 g/mol. The molecule has 0 fully saturated rings. The van der Waals surface area contributed by atoms with Gasteiger partial charge in [0.25, 0.3) is 5.56 Å². The third-order valence-corrected chi connectivity index (χ3v) is 6.41. The highest BCUT2D eigenvalue weighted by molar-refractivity contribution is 7.15. The van der Waals surface area contributed by atoms with Crippen LogP contribution in [0.2, 0.25) is 0 Å². The first-order valence-electron chi connectivity index (χ1n) is 10.6. The molecule has 0 aliphatic carbocycles. The number of rotatable bonds is 4. The molecule has 0 aliphatic heterocycles. The first-order chi connectivity index (χ1) is 17.0. The Labute approximate surface area is 201 Å². The molecule has 6 nitrogen and oxygen atoms in total. The van der Waals surface area contributed by atoms with E-state index in [-0.39, 0.29) is 17.2 Å². The second-order valence-electron chi connectivity index (χ2n) is 7.77. The van der Waals surface area contributed by atoms with Gasteiger partial charge in [-0.1, -0.05) is 29.5 Å². The number of aromatic nitrogens is 5.